The van der Waals surface area contributed by atoms with Gasteiger partial charge in [-0.3, -0.25) is 4.55 Å². The number of benzene rings is 7. The maximum atomic E-state index is 12.7. The molecule has 0 aliphatic heterocycles. The summed E-state index contributed by atoms with van der Waals surface area (Å²) in [5, 5.41) is 24.3. The van der Waals surface area contributed by atoms with Crippen molar-refractivity contribution in [2.45, 2.75) is 64.6 Å². The van der Waals surface area contributed by atoms with E-state index in [2.05, 4.69) is 19.7 Å². The highest BCUT2D eigenvalue weighted by Crippen LogP contribution is 2.37. The molecule has 0 aliphatic carbocycles. The van der Waals surface area contributed by atoms with E-state index in [1.54, 1.807) is 113 Å². The van der Waals surface area contributed by atoms with Crippen LogP contribution in [0.1, 0.15) is 90.7 Å². The summed E-state index contributed by atoms with van der Waals surface area (Å²) in [6.45, 7) is 20.0. The van der Waals surface area contributed by atoms with Crippen molar-refractivity contribution < 1.29 is 80.4 Å². The third-order valence-corrected chi connectivity index (χ3v) is 12.1. The van der Waals surface area contributed by atoms with E-state index in [4.69, 9.17) is 28.4 Å². The number of hydrogen-bond donors (Lipinski definition) is 3. The molecule has 0 bridgehead atoms. The third kappa shape index (κ3) is 14.4. The van der Waals surface area contributed by atoms with Crippen LogP contribution in [0.5, 0.6) is 0 Å². The van der Waals surface area contributed by atoms with Gasteiger partial charge < -0.3 is 38.6 Å². The first kappa shape index (κ1) is 58.3. The summed E-state index contributed by atoms with van der Waals surface area (Å²) in [6, 6.07) is 33.6. The van der Waals surface area contributed by atoms with Gasteiger partial charge in [0.05, 0.1) is 27.9 Å². The second-order valence-corrected chi connectivity index (χ2v) is 19.4. The summed E-state index contributed by atoms with van der Waals surface area (Å²) < 4.78 is 63.2. The van der Waals surface area contributed by atoms with Gasteiger partial charge in [0.25, 0.3) is 10.1 Å². The molecule has 0 spiro atoms. The Bertz CT molecular complexity index is 3370. The molecule has 7 aromatic carbocycles. The standard InChI is InChI=1S/C20H16O7S.2C19H20O5/c1-12(2)19(21)26-11-27-20(22)17-13-7-3-5-9-15(13)18(28(23,24)25)16-10-6-4-8-14(16)17;2*1-12(2)17(20)23-11-24-18(21)15-9-10-16(19(3,4)22)14-8-6-5-7-13(14)15/h3-10H,1,11H2,2H3,(H,23,24,25);2*5-10,22H,1,11H2,2-4H3. The summed E-state index contributed by atoms with van der Waals surface area (Å²) in [6.07, 6.45) is 0. The van der Waals surface area contributed by atoms with Gasteiger partial charge in [0, 0.05) is 27.5 Å². The van der Waals surface area contributed by atoms with Crippen LogP contribution < -0.4 is 0 Å². The predicted molar refractivity (Wildman–Crippen MR) is 283 cm³/mol. The summed E-state index contributed by atoms with van der Waals surface area (Å²) in [5.74, 6) is -3.96. The first-order valence-corrected chi connectivity index (χ1v) is 24.5. The maximum Gasteiger partial charge on any atom is 0.342 e. The highest BCUT2D eigenvalue weighted by atomic mass is 32.2. The SMILES string of the molecule is C=C(C)C(=O)OCOC(=O)c1c2ccccc2c(S(=O)(=O)O)c2ccccc12.C=C(C)C(=O)OCOC(=O)c1ccc(C(C)(C)O)c2ccccc12.C=C(C)C(=O)OCOC(=O)c1ccc(C(C)(C)O)c2ccccc12. The molecule has 7 aromatic rings. The molecule has 0 heterocycles. The van der Waals surface area contributed by atoms with E-state index >= 15 is 0 Å². The Morgan fingerprint density at radius 1 is 0.421 bits per heavy atom. The van der Waals surface area contributed by atoms with E-state index in [1.165, 1.54) is 32.9 Å². The lowest BCUT2D eigenvalue weighted by Crippen LogP contribution is -2.17. The fourth-order valence-corrected chi connectivity index (χ4v) is 8.53. The minimum atomic E-state index is -4.57. The fraction of sp³-hybridized carbons (Fsp3) is 0.207. The third-order valence-electron chi connectivity index (χ3n) is 11.1. The monoisotopic (exact) mass is 1060 g/mol. The van der Waals surface area contributed by atoms with E-state index in [-0.39, 0.29) is 48.7 Å². The van der Waals surface area contributed by atoms with E-state index < -0.39 is 77.5 Å². The fourth-order valence-electron chi connectivity index (χ4n) is 7.61. The van der Waals surface area contributed by atoms with Gasteiger partial charge in [-0.15, -0.1) is 0 Å². The Labute approximate surface area is 438 Å². The molecule has 0 aromatic heterocycles. The summed E-state index contributed by atoms with van der Waals surface area (Å²) in [7, 11) is -4.57. The van der Waals surface area contributed by atoms with Crippen LogP contribution in [0.3, 0.4) is 0 Å². The Hall–Kier alpha value is -8.55. The van der Waals surface area contributed by atoms with Gasteiger partial charge in [0.1, 0.15) is 4.90 Å². The van der Waals surface area contributed by atoms with Gasteiger partial charge >= 0.3 is 35.8 Å². The van der Waals surface area contributed by atoms with Gasteiger partial charge in [-0.05, 0) is 104 Å². The first-order chi connectivity index (χ1) is 35.6. The zero-order valence-corrected chi connectivity index (χ0v) is 43.6. The van der Waals surface area contributed by atoms with Crippen LogP contribution in [-0.2, 0) is 64.1 Å². The molecular weight excluding hydrogens is 1000 g/mol. The molecule has 0 amide bonds. The molecule has 18 heteroatoms. The molecule has 0 saturated heterocycles. The van der Waals surface area contributed by atoms with Crippen molar-refractivity contribution in [3.63, 3.8) is 0 Å². The van der Waals surface area contributed by atoms with Crippen molar-refractivity contribution in [1.29, 1.82) is 0 Å². The molecule has 0 atom stereocenters. The van der Waals surface area contributed by atoms with Crippen molar-refractivity contribution in [1.82, 2.24) is 0 Å². The number of carbonyl (C=O) groups is 6. The summed E-state index contributed by atoms with van der Waals surface area (Å²) >= 11 is 0. The minimum Gasteiger partial charge on any atom is -0.425 e. The topological polar surface area (TPSA) is 253 Å². The van der Waals surface area contributed by atoms with Crippen LogP contribution in [0.2, 0.25) is 0 Å². The number of carbonyl (C=O) groups excluding carboxylic acids is 6. The highest BCUT2D eigenvalue weighted by molar-refractivity contribution is 7.86. The number of rotatable bonds is 15. The van der Waals surface area contributed by atoms with Gasteiger partial charge in [0.2, 0.25) is 20.4 Å². The zero-order valence-electron chi connectivity index (χ0n) is 42.8. The molecule has 7 rings (SSSR count). The number of aliphatic hydroxyl groups is 2. The quantitative estimate of drug-likeness (QED) is 0.0216. The molecule has 396 valence electrons. The molecule has 0 radical (unpaired) electrons. The Kier molecular flexibility index (Phi) is 18.9. The second-order valence-electron chi connectivity index (χ2n) is 18.1. The van der Waals surface area contributed by atoms with Crippen LogP contribution in [-0.4, -0.2) is 79.4 Å². The average Bonchev–Trinajstić information content (AvgIpc) is 3.37. The molecule has 0 aliphatic rings. The smallest absolute Gasteiger partial charge is 0.342 e. The number of ether oxygens (including phenoxy) is 6. The van der Waals surface area contributed by atoms with Crippen LogP contribution >= 0.6 is 0 Å². The van der Waals surface area contributed by atoms with Crippen molar-refractivity contribution in [3.05, 3.63) is 186 Å². The average molecular weight is 1060 g/mol. The Morgan fingerprint density at radius 3 is 0.987 bits per heavy atom. The van der Waals surface area contributed by atoms with Crippen LogP contribution in [0.15, 0.2) is 163 Å². The Balaban J connectivity index is 0.000000212. The van der Waals surface area contributed by atoms with E-state index in [1.807, 2.05) is 24.3 Å². The molecule has 0 fully saturated rings. The van der Waals surface area contributed by atoms with Crippen molar-refractivity contribution in [2.24, 2.45) is 0 Å². The maximum absolute atomic E-state index is 12.7. The van der Waals surface area contributed by atoms with Gasteiger partial charge in [-0.1, -0.05) is 129 Å². The lowest BCUT2D eigenvalue weighted by Gasteiger charge is -2.21. The van der Waals surface area contributed by atoms with Gasteiger partial charge in [-0.25, -0.2) is 28.8 Å². The lowest BCUT2D eigenvalue weighted by atomic mass is 9.90. The predicted octanol–water partition coefficient (Wildman–Crippen LogP) is 10.1. The molecule has 3 N–H and O–H groups in total. The van der Waals surface area contributed by atoms with Gasteiger partial charge in [0.15, 0.2) is 0 Å². The largest absolute Gasteiger partial charge is 0.425 e. The van der Waals surface area contributed by atoms with Crippen LogP contribution in [0.4, 0.5) is 0 Å². The molecular formula is C58H56O17S. The molecule has 0 unspecified atom stereocenters. The number of esters is 6. The second kappa shape index (κ2) is 24.7. The summed E-state index contributed by atoms with van der Waals surface area (Å²) in [4.78, 5) is 71.0. The van der Waals surface area contributed by atoms with Gasteiger partial charge in [-0.2, -0.15) is 8.42 Å². The minimum absolute atomic E-state index is 0.102. The van der Waals surface area contributed by atoms with E-state index in [0.717, 1.165) is 10.8 Å². The van der Waals surface area contributed by atoms with E-state index in [9.17, 15) is 52.0 Å². The van der Waals surface area contributed by atoms with Crippen LogP contribution in [0.25, 0.3) is 43.1 Å². The Morgan fingerprint density at radius 2 is 0.697 bits per heavy atom. The molecule has 17 nitrogen and oxygen atoms in total. The molecule has 76 heavy (non-hydrogen) atoms. The highest BCUT2D eigenvalue weighted by Gasteiger charge is 2.27. The lowest BCUT2D eigenvalue weighted by molar-refractivity contribution is -0.148. The van der Waals surface area contributed by atoms with Crippen molar-refractivity contribution in [3.8, 4) is 0 Å². The van der Waals surface area contributed by atoms with Crippen LogP contribution in [0, 0.1) is 0 Å². The molecule has 0 saturated carbocycles. The number of fused-ring (bicyclic) bond motifs is 4. The zero-order chi connectivity index (χ0) is 56.3. The summed E-state index contributed by atoms with van der Waals surface area (Å²) in [5.41, 5.74) is 0.728. The van der Waals surface area contributed by atoms with Crippen molar-refractivity contribution in [2.75, 3.05) is 20.4 Å². The van der Waals surface area contributed by atoms with E-state index in [0.29, 0.717) is 33.0 Å². The first-order valence-electron chi connectivity index (χ1n) is 23.0. The van der Waals surface area contributed by atoms with Crippen molar-refractivity contribution >= 4 is 89.0 Å². The normalized spacial score (nSPS) is 11.2. The number of hydrogen-bond acceptors (Lipinski definition) is 16.